The molecule has 0 N–H and O–H groups in total. The van der Waals surface area contributed by atoms with E-state index in [9.17, 15) is 9.59 Å². The fraction of sp³-hybridized carbons (Fsp3) is 0.333. The van der Waals surface area contributed by atoms with Crippen LogP contribution in [-0.4, -0.2) is 59.0 Å². The molecule has 0 atom stereocenters. The van der Waals surface area contributed by atoms with Crippen molar-refractivity contribution >= 4 is 27.9 Å². The highest BCUT2D eigenvalue weighted by Gasteiger charge is 2.36. The lowest BCUT2D eigenvalue weighted by Crippen LogP contribution is -2.28. The summed E-state index contributed by atoms with van der Waals surface area (Å²) in [5, 5.41) is 0. The van der Waals surface area contributed by atoms with Crippen LogP contribution in [0.5, 0.6) is 23.0 Å². The average Bonchev–Trinajstić information content (AvgIpc) is 2.92. The first-order chi connectivity index (χ1) is 17.8. The van der Waals surface area contributed by atoms with Crippen molar-refractivity contribution in [1.82, 2.24) is 4.90 Å². The van der Waals surface area contributed by atoms with Gasteiger partial charge in [0, 0.05) is 18.9 Å². The minimum atomic E-state index is -0.776. The van der Waals surface area contributed by atoms with E-state index in [1.54, 1.807) is 49.7 Å². The molecular formula is C27H30BrNO8. The SMILES string of the molecule is CCOc1c(Br)cc(C2C(C(=O)OC)=CN(Cc3ccc(OC)c(OC)c3)C=C2C(=O)OC)cc1OC. The molecule has 1 aliphatic heterocycles. The molecule has 0 aromatic heterocycles. The van der Waals surface area contributed by atoms with Gasteiger partial charge >= 0.3 is 11.9 Å². The second kappa shape index (κ2) is 12.5. The van der Waals surface area contributed by atoms with E-state index in [1.165, 1.54) is 21.3 Å². The van der Waals surface area contributed by atoms with Crippen molar-refractivity contribution in [2.24, 2.45) is 0 Å². The van der Waals surface area contributed by atoms with E-state index in [1.807, 2.05) is 19.1 Å². The molecule has 2 aromatic carbocycles. The summed E-state index contributed by atoms with van der Waals surface area (Å²) in [5.41, 5.74) is 1.99. The number of rotatable bonds is 10. The van der Waals surface area contributed by atoms with Crippen molar-refractivity contribution in [1.29, 1.82) is 0 Å². The molecule has 0 bridgehead atoms. The third-order valence-electron chi connectivity index (χ3n) is 5.76. The van der Waals surface area contributed by atoms with E-state index in [2.05, 4.69) is 15.9 Å². The summed E-state index contributed by atoms with van der Waals surface area (Å²) in [6.45, 7) is 2.64. The molecule has 0 aliphatic carbocycles. The molecule has 0 spiro atoms. The summed E-state index contributed by atoms with van der Waals surface area (Å²) < 4.78 is 32.8. The van der Waals surface area contributed by atoms with Crippen LogP contribution in [0.4, 0.5) is 0 Å². The van der Waals surface area contributed by atoms with Crippen LogP contribution in [0.25, 0.3) is 0 Å². The molecule has 0 unspecified atom stereocenters. The fourth-order valence-electron chi connectivity index (χ4n) is 4.12. The first kappa shape index (κ1) is 27.9. The van der Waals surface area contributed by atoms with Crippen LogP contribution in [0.1, 0.15) is 24.0 Å². The monoisotopic (exact) mass is 575 g/mol. The lowest BCUT2D eigenvalue weighted by molar-refractivity contribution is -0.137. The van der Waals surface area contributed by atoms with Crippen LogP contribution in [0.3, 0.4) is 0 Å². The summed E-state index contributed by atoms with van der Waals surface area (Å²) in [6, 6.07) is 9.02. The van der Waals surface area contributed by atoms with Crippen molar-refractivity contribution in [3.8, 4) is 23.0 Å². The standard InChI is InChI=1S/C27H30BrNO8/c1-7-37-25-20(28)11-17(12-23(25)34-4)24-18(26(30)35-5)14-29(15-19(24)27(31)36-6)13-16-8-9-21(32-2)22(10-16)33-3/h8-12,14-15,24H,7,13H2,1-6H3. The van der Waals surface area contributed by atoms with Gasteiger partial charge in [0.25, 0.3) is 0 Å². The van der Waals surface area contributed by atoms with E-state index in [0.717, 1.165) is 5.56 Å². The van der Waals surface area contributed by atoms with Crippen molar-refractivity contribution < 1.29 is 38.0 Å². The molecule has 0 radical (unpaired) electrons. The van der Waals surface area contributed by atoms with Crippen LogP contribution in [0, 0.1) is 0 Å². The molecule has 0 fully saturated rings. The fourth-order valence-corrected chi connectivity index (χ4v) is 4.69. The van der Waals surface area contributed by atoms with Crippen molar-refractivity contribution in [2.45, 2.75) is 19.4 Å². The highest BCUT2D eigenvalue weighted by atomic mass is 79.9. The topological polar surface area (TPSA) is 92.8 Å². The molecule has 0 saturated carbocycles. The third-order valence-corrected chi connectivity index (χ3v) is 6.35. The van der Waals surface area contributed by atoms with Crippen LogP contribution < -0.4 is 18.9 Å². The average molecular weight is 576 g/mol. The Morgan fingerprint density at radius 2 is 1.43 bits per heavy atom. The van der Waals surface area contributed by atoms with Crippen molar-refractivity contribution in [3.05, 3.63) is 69.5 Å². The maximum Gasteiger partial charge on any atom is 0.336 e. The van der Waals surface area contributed by atoms with Crippen LogP contribution in [0.2, 0.25) is 0 Å². The van der Waals surface area contributed by atoms with E-state index in [4.69, 9.17) is 28.4 Å². The van der Waals surface area contributed by atoms with Crippen molar-refractivity contribution in [3.63, 3.8) is 0 Å². The zero-order valence-corrected chi connectivity index (χ0v) is 23.2. The Hall–Kier alpha value is -3.66. The maximum absolute atomic E-state index is 13.0. The van der Waals surface area contributed by atoms with E-state index >= 15 is 0 Å². The van der Waals surface area contributed by atoms with Gasteiger partial charge in [-0.25, -0.2) is 9.59 Å². The van der Waals surface area contributed by atoms with Crippen LogP contribution >= 0.6 is 15.9 Å². The molecule has 9 nitrogen and oxygen atoms in total. The number of carbonyl (C=O) groups is 2. The first-order valence-electron chi connectivity index (χ1n) is 11.4. The Morgan fingerprint density at radius 3 is 1.95 bits per heavy atom. The Kier molecular flexibility index (Phi) is 9.46. The summed E-state index contributed by atoms with van der Waals surface area (Å²) in [6.07, 6.45) is 3.33. The number of nitrogens with zero attached hydrogens (tertiary/aromatic N) is 1. The predicted molar refractivity (Wildman–Crippen MR) is 140 cm³/mol. The third kappa shape index (κ3) is 6.02. The largest absolute Gasteiger partial charge is 0.493 e. The summed E-state index contributed by atoms with van der Waals surface area (Å²) >= 11 is 3.53. The first-order valence-corrected chi connectivity index (χ1v) is 12.2. The number of benzene rings is 2. The zero-order valence-electron chi connectivity index (χ0n) is 21.6. The molecule has 0 amide bonds. The highest BCUT2D eigenvalue weighted by Crippen LogP contribution is 2.44. The number of hydrogen-bond donors (Lipinski definition) is 0. The number of methoxy groups -OCH3 is 5. The van der Waals surface area contributed by atoms with Gasteiger partial charge in [0.15, 0.2) is 23.0 Å². The highest BCUT2D eigenvalue weighted by molar-refractivity contribution is 9.10. The Bertz CT molecular complexity index is 1190. The minimum Gasteiger partial charge on any atom is -0.493 e. The smallest absolute Gasteiger partial charge is 0.336 e. The lowest BCUT2D eigenvalue weighted by Gasteiger charge is -2.30. The zero-order chi connectivity index (χ0) is 27.1. The van der Waals surface area contributed by atoms with E-state index < -0.39 is 17.9 Å². The minimum absolute atomic E-state index is 0.254. The molecule has 2 aromatic rings. The molecule has 3 rings (SSSR count). The molecule has 1 heterocycles. The normalized spacial score (nSPS) is 13.3. The summed E-state index contributed by atoms with van der Waals surface area (Å²) in [4.78, 5) is 27.7. The molecule has 1 aliphatic rings. The van der Waals surface area contributed by atoms with Gasteiger partial charge in [-0.3, -0.25) is 0 Å². The van der Waals surface area contributed by atoms with Crippen LogP contribution in [0.15, 0.2) is 58.4 Å². The number of ether oxygens (including phenoxy) is 6. The quantitative estimate of drug-likeness (QED) is 0.377. The second-order valence-electron chi connectivity index (χ2n) is 7.91. The van der Waals surface area contributed by atoms with E-state index in [-0.39, 0.29) is 11.1 Å². The second-order valence-corrected chi connectivity index (χ2v) is 8.77. The van der Waals surface area contributed by atoms with Gasteiger partial charge in [-0.2, -0.15) is 0 Å². The molecule has 198 valence electrons. The number of halogens is 1. The van der Waals surface area contributed by atoms with Gasteiger partial charge in [0.05, 0.1) is 63.7 Å². The van der Waals surface area contributed by atoms with Gasteiger partial charge in [-0.05, 0) is 58.2 Å². The molecular weight excluding hydrogens is 546 g/mol. The number of carbonyl (C=O) groups excluding carboxylic acids is 2. The van der Waals surface area contributed by atoms with Gasteiger partial charge in [0.2, 0.25) is 0 Å². The summed E-state index contributed by atoms with van der Waals surface area (Å²) in [5.74, 6) is 0.190. The van der Waals surface area contributed by atoms with Gasteiger partial charge < -0.3 is 33.3 Å². The number of hydrogen-bond acceptors (Lipinski definition) is 9. The van der Waals surface area contributed by atoms with Gasteiger partial charge in [-0.15, -0.1) is 0 Å². The predicted octanol–water partition coefficient (Wildman–Crippen LogP) is 4.59. The molecule has 0 saturated heterocycles. The molecule has 10 heteroatoms. The summed E-state index contributed by atoms with van der Waals surface area (Å²) in [7, 11) is 7.23. The van der Waals surface area contributed by atoms with Gasteiger partial charge in [-0.1, -0.05) is 6.07 Å². The Morgan fingerprint density at radius 1 is 0.838 bits per heavy atom. The Balaban J connectivity index is 2.12. The van der Waals surface area contributed by atoms with Crippen LogP contribution in [-0.2, 0) is 25.6 Å². The maximum atomic E-state index is 13.0. The van der Waals surface area contributed by atoms with Gasteiger partial charge in [0.1, 0.15) is 0 Å². The lowest BCUT2D eigenvalue weighted by atomic mass is 9.83. The molecule has 37 heavy (non-hydrogen) atoms. The number of esters is 2. The van der Waals surface area contributed by atoms with Crippen molar-refractivity contribution in [2.75, 3.05) is 42.2 Å². The van der Waals surface area contributed by atoms with E-state index in [0.29, 0.717) is 46.2 Å². The Labute approximate surface area is 224 Å².